The lowest BCUT2D eigenvalue weighted by atomic mass is 10.2. The number of nitrogens with one attached hydrogen (secondary N) is 2. The Labute approximate surface area is 139 Å². The number of rotatable bonds is 6. The van der Waals surface area contributed by atoms with Gasteiger partial charge in [-0.25, -0.2) is 12.8 Å². The van der Waals surface area contributed by atoms with Crippen molar-refractivity contribution in [3.05, 3.63) is 59.4 Å². The minimum atomic E-state index is -3.90. The van der Waals surface area contributed by atoms with Gasteiger partial charge in [-0.3, -0.25) is 10.2 Å². The van der Waals surface area contributed by atoms with Crippen LogP contribution in [0, 0.1) is 19.7 Å². The van der Waals surface area contributed by atoms with E-state index in [0.29, 0.717) is 5.56 Å². The van der Waals surface area contributed by atoms with Gasteiger partial charge >= 0.3 is 0 Å². The van der Waals surface area contributed by atoms with Crippen molar-refractivity contribution in [1.29, 1.82) is 0 Å². The Bertz CT molecular complexity index is 853. The number of aryl methyl sites for hydroxylation is 2. The van der Waals surface area contributed by atoms with E-state index in [1.165, 1.54) is 24.3 Å². The number of hydrazine groups is 1. The predicted octanol–water partition coefficient (Wildman–Crippen LogP) is 1.83. The third-order valence-corrected chi connectivity index (χ3v) is 4.51. The van der Waals surface area contributed by atoms with Gasteiger partial charge in [-0.1, -0.05) is 18.2 Å². The van der Waals surface area contributed by atoms with Crippen LogP contribution in [0.25, 0.3) is 0 Å². The molecule has 0 aromatic heterocycles. The van der Waals surface area contributed by atoms with Crippen LogP contribution in [-0.2, 0) is 14.8 Å². The van der Waals surface area contributed by atoms with Gasteiger partial charge in [0.1, 0.15) is 11.6 Å². The van der Waals surface area contributed by atoms with E-state index in [-0.39, 0.29) is 10.6 Å². The summed E-state index contributed by atoms with van der Waals surface area (Å²) < 4.78 is 42.5. The van der Waals surface area contributed by atoms with E-state index in [1.807, 2.05) is 4.83 Å². The molecular formula is C16H17FN2O4S. The van der Waals surface area contributed by atoms with E-state index < -0.39 is 28.4 Å². The largest absolute Gasteiger partial charge is 0.484 e. The van der Waals surface area contributed by atoms with Crippen molar-refractivity contribution >= 4 is 15.9 Å². The second-order valence-corrected chi connectivity index (χ2v) is 6.82. The lowest BCUT2D eigenvalue weighted by molar-refractivity contribution is -0.123. The molecule has 0 unspecified atom stereocenters. The molecule has 0 aliphatic heterocycles. The van der Waals surface area contributed by atoms with E-state index in [0.717, 1.165) is 11.6 Å². The topological polar surface area (TPSA) is 84.5 Å². The van der Waals surface area contributed by atoms with Gasteiger partial charge in [-0.2, -0.15) is 0 Å². The van der Waals surface area contributed by atoms with Crippen LogP contribution in [0.5, 0.6) is 5.75 Å². The van der Waals surface area contributed by atoms with Crippen molar-refractivity contribution in [2.75, 3.05) is 6.61 Å². The molecule has 0 spiro atoms. The molecule has 0 aliphatic rings. The Balaban J connectivity index is 1.94. The molecule has 2 rings (SSSR count). The minimum absolute atomic E-state index is 0.0776. The molecule has 2 aromatic rings. The monoisotopic (exact) mass is 352 g/mol. The highest BCUT2D eigenvalue weighted by atomic mass is 32.2. The molecule has 6 nitrogen and oxygen atoms in total. The SMILES string of the molecule is Cc1ccc(C)c(S(=O)(=O)NNC(=O)COc2cccc(F)c2)c1. The highest BCUT2D eigenvalue weighted by Crippen LogP contribution is 2.16. The van der Waals surface area contributed by atoms with Crippen molar-refractivity contribution in [1.82, 2.24) is 10.3 Å². The summed E-state index contributed by atoms with van der Waals surface area (Å²) in [5.74, 6) is -1.04. The van der Waals surface area contributed by atoms with Crippen molar-refractivity contribution in [2.24, 2.45) is 0 Å². The van der Waals surface area contributed by atoms with E-state index >= 15 is 0 Å². The molecule has 0 aliphatic carbocycles. The summed E-state index contributed by atoms with van der Waals surface area (Å²) in [6.45, 7) is 2.96. The number of ether oxygens (including phenoxy) is 1. The van der Waals surface area contributed by atoms with Gasteiger partial charge in [-0.15, -0.1) is 4.83 Å². The Morgan fingerprint density at radius 2 is 1.92 bits per heavy atom. The highest BCUT2D eigenvalue weighted by Gasteiger charge is 2.18. The molecule has 2 aromatic carbocycles. The zero-order valence-electron chi connectivity index (χ0n) is 13.2. The summed E-state index contributed by atoms with van der Waals surface area (Å²) in [5, 5.41) is 0. The van der Waals surface area contributed by atoms with Crippen molar-refractivity contribution in [3.8, 4) is 5.75 Å². The maximum absolute atomic E-state index is 13.0. The standard InChI is InChI=1S/C16H17FN2O4S/c1-11-6-7-12(2)15(8-11)24(21,22)19-18-16(20)10-23-14-5-3-4-13(17)9-14/h3-9,19H,10H2,1-2H3,(H,18,20). The molecule has 0 bridgehead atoms. The summed E-state index contributed by atoms with van der Waals surface area (Å²) >= 11 is 0. The summed E-state index contributed by atoms with van der Waals surface area (Å²) in [4.78, 5) is 13.8. The molecule has 0 atom stereocenters. The summed E-state index contributed by atoms with van der Waals surface area (Å²) in [5.41, 5.74) is 3.39. The lowest BCUT2D eigenvalue weighted by Gasteiger charge is -2.11. The fourth-order valence-electron chi connectivity index (χ4n) is 1.92. The number of sulfonamides is 1. The number of hydrogen-bond donors (Lipinski definition) is 2. The first-order valence-corrected chi connectivity index (χ1v) is 8.52. The average molecular weight is 352 g/mol. The number of carbonyl (C=O) groups excluding carboxylic acids is 1. The Morgan fingerprint density at radius 3 is 2.62 bits per heavy atom. The van der Waals surface area contributed by atoms with Crippen LogP contribution in [0.2, 0.25) is 0 Å². The smallest absolute Gasteiger partial charge is 0.272 e. The first-order valence-electron chi connectivity index (χ1n) is 7.04. The summed E-state index contributed by atoms with van der Waals surface area (Å²) in [6.07, 6.45) is 0. The van der Waals surface area contributed by atoms with Crippen LogP contribution >= 0.6 is 0 Å². The zero-order valence-corrected chi connectivity index (χ0v) is 14.0. The van der Waals surface area contributed by atoms with Crippen LogP contribution in [0.1, 0.15) is 11.1 Å². The maximum atomic E-state index is 13.0. The number of carbonyl (C=O) groups is 1. The minimum Gasteiger partial charge on any atom is -0.484 e. The van der Waals surface area contributed by atoms with Gasteiger partial charge in [0, 0.05) is 6.07 Å². The molecule has 0 fully saturated rings. The second kappa shape index (κ2) is 7.41. The molecule has 128 valence electrons. The van der Waals surface area contributed by atoms with Crippen molar-refractivity contribution in [2.45, 2.75) is 18.7 Å². The first kappa shape index (κ1) is 17.9. The average Bonchev–Trinajstić information content (AvgIpc) is 2.53. The van der Waals surface area contributed by atoms with Crippen LogP contribution in [0.15, 0.2) is 47.4 Å². The Morgan fingerprint density at radius 1 is 1.17 bits per heavy atom. The number of hydrogen-bond acceptors (Lipinski definition) is 4. The van der Waals surface area contributed by atoms with E-state index in [9.17, 15) is 17.6 Å². The molecule has 1 amide bonds. The van der Waals surface area contributed by atoms with E-state index in [1.54, 1.807) is 26.0 Å². The van der Waals surface area contributed by atoms with Gasteiger partial charge in [0.25, 0.3) is 15.9 Å². The van der Waals surface area contributed by atoms with Crippen molar-refractivity contribution in [3.63, 3.8) is 0 Å². The number of halogens is 1. The van der Waals surface area contributed by atoms with Crippen LogP contribution in [0.3, 0.4) is 0 Å². The molecule has 0 saturated heterocycles. The van der Waals surface area contributed by atoms with Gasteiger partial charge in [0.05, 0.1) is 4.90 Å². The molecule has 24 heavy (non-hydrogen) atoms. The Kier molecular flexibility index (Phi) is 5.53. The van der Waals surface area contributed by atoms with Crippen LogP contribution in [0.4, 0.5) is 4.39 Å². The molecule has 0 heterocycles. The highest BCUT2D eigenvalue weighted by molar-refractivity contribution is 7.89. The van der Waals surface area contributed by atoms with Crippen LogP contribution < -0.4 is 15.0 Å². The normalized spacial score (nSPS) is 11.1. The third-order valence-electron chi connectivity index (χ3n) is 3.12. The maximum Gasteiger partial charge on any atom is 0.272 e. The lowest BCUT2D eigenvalue weighted by Crippen LogP contribution is -2.43. The zero-order chi connectivity index (χ0) is 17.7. The van der Waals surface area contributed by atoms with Gasteiger partial charge in [0.15, 0.2) is 6.61 Å². The van der Waals surface area contributed by atoms with Gasteiger partial charge < -0.3 is 4.74 Å². The first-order chi connectivity index (χ1) is 11.3. The fourth-order valence-corrected chi connectivity index (χ4v) is 3.11. The fraction of sp³-hybridized carbons (Fsp3) is 0.188. The van der Waals surface area contributed by atoms with E-state index in [4.69, 9.17) is 4.74 Å². The number of benzene rings is 2. The molecule has 8 heteroatoms. The van der Waals surface area contributed by atoms with E-state index in [2.05, 4.69) is 5.43 Å². The third kappa shape index (κ3) is 4.77. The Hall–Kier alpha value is -2.45. The number of amides is 1. The summed E-state index contributed by atoms with van der Waals surface area (Å²) in [7, 11) is -3.90. The molecule has 0 radical (unpaired) electrons. The van der Waals surface area contributed by atoms with Crippen LogP contribution in [-0.4, -0.2) is 20.9 Å². The summed E-state index contributed by atoms with van der Waals surface area (Å²) in [6, 6.07) is 10.3. The molecule has 0 saturated carbocycles. The molecule has 2 N–H and O–H groups in total. The van der Waals surface area contributed by atoms with Gasteiger partial charge in [0.2, 0.25) is 0 Å². The quantitative estimate of drug-likeness (QED) is 0.777. The molecular weight excluding hydrogens is 335 g/mol. The second-order valence-electron chi connectivity index (χ2n) is 5.17. The van der Waals surface area contributed by atoms with Gasteiger partial charge in [-0.05, 0) is 43.2 Å². The van der Waals surface area contributed by atoms with Crippen molar-refractivity contribution < 1.29 is 22.3 Å². The predicted molar refractivity (Wildman–Crippen MR) is 86.3 cm³/mol.